The maximum Gasteiger partial charge on any atom is 0.335 e. The van der Waals surface area contributed by atoms with E-state index in [0.29, 0.717) is 12.1 Å². The molecule has 0 heterocycles. The molecule has 0 saturated carbocycles. The van der Waals surface area contributed by atoms with Crippen LogP contribution < -0.4 is 0 Å². The van der Waals surface area contributed by atoms with E-state index in [4.69, 9.17) is 5.11 Å². The van der Waals surface area contributed by atoms with Crippen molar-refractivity contribution >= 4 is 21.4 Å². The van der Waals surface area contributed by atoms with Gasteiger partial charge in [-0.2, -0.15) is 0 Å². The van der Waals surface area contributed by atoms with Crippen LogP contribution in [0.25, 0.3) is 5.57 Å². The van der Waals surface area contributed by atoms with E-state index in [1.807, 2.05) is 0 Å². The highest BCUT2D eigenvalue weighted by atomic mass is 32.2. The van der Waals surface area contributed by atoms with Crippen LogP contribution >= 0.6 is 0 Å². The molecule has 0 fully saturated rings. The van der Waals surface area contributed by atoms with E-state index in [0.717, 1.165) is 18.4 Å². The Morgan fingerprint density at radius 2 is 1.72 bits per heavy atom. The molecule has 1 aromatic carbocycles. The van der Waals surface area contributed by atoms with Crippen molar-refractivity contribution in [2.75, 3.05) is 6.26 Å². The van der Waals surface area contributed by atoms with Gasteiger partial charge < -0.3 is 5.11 Å². The Kier molecular flexibility index (Phi) is 5.22. The highest BCUT2D eigenvalue weighted by Gasteiger charge is 2.25. The Morgan fingerprint density at radius 1 is 1.16 bits per heavy atom. The van der Waals surface area contributed by atoms with Crippen molar-refractivity contribution in [1.82, 2.24) is 0 Å². The number of benzene rings is 1. The van der Waals surface area contributed by atoms with Gasteiger partial charge in [0.2, 0.25) is 0 Å². The lowest BCUT2D eigenvalue weighted by Crippen LogP contribution is -2.09. The predicted octanol–water partition coefficient (Wildman–Crippen LogP) is 3.66. The first-order valence-corrected chi connectivity index (χ1v) is 9.12. The fourth-order valence-corrected chi connectivity index (χ4v) is 3.16. The molecule has 1 unspecified atom stereocenters. The first-order chi connectivity index (χ1) is 11.5. The van der Waals surface area contributed by atoms with Crippen molar-refractivity contribution < 1.29 is 31.5 Å². The summed E-state index contributed by atoms with van der Waals surface area (Å²) in [4.78, 5) is 10.4. The lowest BCUT2D eigenvalue weighted by atomic mass is 9.88. The fraction of sp³-hybridized carbons (Fsp3) is 0.235. The van der Waals surface area contributed by atoms with Gasteiger partial charge in [0.25, 0.3) is 0 Å². The summed E-state index contributed by atoms with van der Waals surface area (Å²) < 4.78 is 66.1. The van der Waals surface area contributed by atoms with Crippen molar-refractivity contribution in [2.45, 2.75) is 18.2 Å². The number of allylic oxidation sites excluding steroid dienone is 4. The lowest BCUT2D eigenvalue weighted by molar-refractivity contribution is -0.132. The molecule has 0 radical (unpaired) electrons. The summed E-state index contributed by atoms with van der Waals surface area (Å²) in [6.45, 7) is 1.49. The van der Waals surface area contributed by atoms with Crippen LogP contribution in [-0.4, -0.2) is 25.7 Å². The smallest absolute Gasteiger partial charge is 0.335 e. The van der Waals surface area contributed by atoms with Crippen molar-refractivity contribution in [3.63, 3.8) is 0 Å². The van der Waals surface area contributed by atoms with E-state index >= 15 is 0 Å². The van der Waals surface area contributed by atoms with Gasteiger partial charge in [-0.1, -0.05) is 13.0 Å². The molecule has 2 rings (SSSR count). The topological polar surface area (TPSA) is 71.4 Å². The number of rotatable bonds is 3. The summed E-state index contributed by atoms with van der Waals surface area (Å²) in [6, 6.07) is 1.28. The van der Waals surface area contributed by atoms with Crippen LogP contribution in [0.2, 0.25) is 0 Å². The Hall–Kier alpha value is -2.35. The minimum Gasteiger partial charge on any atom is -0.478 e. The molecule has 134 valence electrons. The van der Waals surface area contributed by atoms with E-state index < -0.39 is 49.6 Å². The van der Waals surface area contributed by atoms with Gasteiger partial charge in [0.15, 0.2) is 9.84 Å². The maximum absolute atomic E-state index is 14.5. The van der Waals surface area contributed by atoms with Gasteiger partial charge in [0.1, 0.15) is 17.5 Å². The standard InChI is InChI=1S/C17H15F3O4S/c1-9-3-4-10(17(21)22)5-6-12(18)15(9)16-13(19)7-11(8-14(16)20)25(2,23)24/h4-9H,3H2,1-2H3,(H,21,22). The molecule has 4 nitrogen and oxygen atoms in total. The molecule has 0 spiro atoms. The number of hydrogen-bond acceptors (Lipinski definition) is 3. The van der Waals surface area contributed by atoms with Gasteiger partial charge in [-0.05, 0) is 36.6 Å². The van der Waals surface area contributed by atoms with E-state index in [9.17, 15) is 26.4 Å². The number of hydrogen-bond donors (Lipinski definition) is 1. The van der Waals surface area contributed by atoms with Crippen LogP contribution in [0.5, 0.6) is 0 Å². The van der Waals surface area contributed by atoms with Crippen molar-refractivity contribution in [3.05, 3.63) is 59.0 Å². The average molecular weight is 372 g/mol. The number of aliphatic carboxylic acids is 1. The molecule has 1 aromatic rings. The molecule has 0 bridgehead atoms. The van der Waals surface area contributed by atoms with Gasteiger partial charge in [0, 0.05) is 11.8 Å². The third-order valence-electron chi connectivity index (χ3n) is 3.81. The third-order valence-corrected chi connectivity index (χ3v) is 4.90. The predicted molar refractivity (Wildman–Crippen MR) is 86.1 cm³/mol. The number of carbonyl (C=O) groups is 1. The van der Waals surface area contributed by atoms with Crippen LogP contribution in [0.4, 0.5) is 13.2 Å². The van der Waals surface area contributed by atoms with Crippen LogP contribution in [0.1, 0.15) is 18.9 Å². The second-order valence-corrected chi connectivity index (χ2v) is 7.75. The van der Waals surface area contributed by atoms with E-state index in [1.54, 1.807) is 0 Å². The molecule has 1 N–H and O–H groups in total. The average Bonchev–Trinajstić information content (AvgIpc) is 2.47. The second kappa shape index (κ2) is 6.87. The Bertz CT molecular complexity index is 904. The minimum absolute atomic E-state index is 0.0431. The monoisotopic (exact) mass is 372 g/mol. The molecule has 0 aliphatic heterocycles. The number of carboxylic acid groups (broad SMARTS) is 1. The largest absolute Gasteiger partial charge is 0.478 e. The highest BCUT2D eigenvalue weighted by molar-refractivity contribution is 7.90. The lowest BCUT2D eigenvalue weighted by Gasteiger charge is -2.19. The summed E-state index contributed by atoms with van der Waals surface area (Å²) in [5.41, 5.74) is -1.07. The summed E-state index contributed by atoms with van der Waals surface area (Å²) in [7, 11) is -3.83. The van der Waals surface area contributed by atoms with Crippen molar-refractivity contribution in [2.24, 2.45) is 5.92 Å². The summed E-state index contributed by atoms with van der Waals surface area (Å²) in [6.07, 6.45) is 4.01. The molecule has 0 amide bonds. The second-order valence-electron chi connectivity index (χ2n) is 5.73. The van der Waals surface area contributed by atoms with E-state index in [-0.39, 0.29) is 17.6 Å². The van der Waals surface area contributed by atoms with Crippen LogP contribution in [-0.2, 0) is 14.6 Å². The van der Waals surface area contributed by atoms with Crippen molar-refractivity contribution in [3.8, 4) is 0 Å². The van der Waals surface area contributed by atoms with Crippen LogP contribution in [0.15, 0.2) is 46.7 Å². The summed E-state index contributed by atoms with van der Waals surface area (Å²) in [5.74, 6) is -5.35. The SMILES string of the molecule is CC1CC=C(C(=O)O)C=CC(F)=C1c1c(F)cc(S(C)(=O)=O)cc1F. The maximum atomic E-state index is 14.5. The quantitative estimate of drug-likeness (QED) is 0.879. The third kappa shape index (κ3) is 4.01. The molecular weight excluding hydrogens is 357 g/mol. The van der Waals surface area contributed by atoms with Gasteiger partial charge in [-0.3, -0.25) is 0 Å². The first kappa shape index (κ1) is 19.0. The number of carboxylic acids is 1. The van der Waals surface area contributed by atoms with Gasteiger partial charge >= 0.3 is 5.97 Å². The highest BCUT2D eigenvalue weighted by Crippen LogP contribution is 2.36. The number of sulfone groups is 1. The normalized spacial score (nSPS) is 18.6. The Balaban J connectivity index is 2.65. The zero-order valence-corrected chi connectivity index (χ0v) is 14.2. The van der Waals surface area contributed by atoms with E-state index in [1.165, 1.54) is 13.0 Å². The zero-order valence-electron chi connectivity index (χ0n) is 13.4. The molecule has 8 heteroatoms. The summed E-state index contributed by atoms with van der Waals surface area (Å²) in [5, 5.41) is 8.97. The van der Waals surface area contributed by atoms with Crippen LogP contribution in [0, 0.1) is 17.6 Å². The van der Waals surface area contributed by atoms with Gasteiger partial charge in [-0.25, -0.2) is 26.4 Å². The van der Waals surface area contributed by atoms with Crippen molar-refractivity contribution in [1.29, 1.82) is 0 Å². The Labute approximate surface area is 142 Å². The van der Waals surface area contributed by atoms with Gasteiger partial charge in [0.05, 0.1) is 16.0 Å². The molecular formula is C17H15F3O4S. The molecule has 1 aliphatic carbocycles. The molecule has 1 aliphatic rings. The Morgan fingerprint density at radius 3 is 2.20 bits per heavy atom. The number of halogens is 3. The van der Waals surface area contributed by atoms with Gasteiger partial charge in [-0.15, -0.1) is 0 Å². The molecule has 1 atom stereocenters. The summed E-state index contributed by atoms with van der Waals surface area (Å²) >= 11 is 0. The fourth-order valence-electron chi connectivity index (χ4n) is 2.52. The molecule has 0 aromatic heterocycles. The van der Waals surface area contributed by atoms with E-state index in [2.05, 4.69) is 0 Å². The minimum atomic E-state index is -3.83. The zero-order chi connectivity index (χ0) is 18.9. The molecule has 25 heavy (non-hydrogen) atoms. The first-order valence-electron chi connectivity index (χ1n) is 7.23. The van der Waals surface area contributed by atoms with Crippen LogP contribution in [0.3, 0.4) is 0 Å². The molecule has 0 saturated heterocycles.